The van der Waals surface area contributed by atoms with Crippen LogP contribution in [0.5, 0.6) is 0 Å². The Bertz CT molecular complexity index is 624. The first-order valence-electron chi connectivity index (χ1n) is 9.96. The van der Waals surface area contributed by atoms with Gasteiger partial charge in [0.2, 0.25) is 17.7 Å². The molecule has 0 aromatic heterocycles. The van der Waals surface area contributed by atoms with E-state index in [0.717, 1.165) is 0 Å². The van der Waals surface area contributed by atoms with Crippen LogP contribution in [-0.4, -0.2) is 64.5 Å². The molecule has 0 aliphatic carbocycles. The minimum absolute atomic E-state index is 0.0522. The van der Waals surface area contributed by atoms with Gasteiger partial charge in [0, 0.05) is 6.42 Å². The fourth-order valence-electron chi connectivity index (χ4n) is 2.59. The predicted molar refractivity (Wildman–Crippen MR) is 108 cm³/mol. The van der Waals surface area contributed by atoms with Crippen molar-refractivity contribution in [3.8, 4) is 0 Å². The van der Waals surface area contributed by atoms with Gasteiger partial charge in [-0.15, -0.1) is 0 Å². The summed E-state index contributed by atoms with van der Waals surface area (Å²) >= 11 is 0. The lowest BCUT2D eigenvalue weighted by molar-refractivity contribution is -0.142. The number of rotatable bonds is 14. The van der Waals surface area contributed by atoms with Crippen LogP contribution in [0.3, 0.4) is 0 Å². The number of nitrogens with two attached hydrogens (primary N) is 1. The molecule has 0 aromatic rings. The van der Waals surface area contributed by atoms with Crippen molar-refractivity contribution in [1.82, 2.24) is 16.0 Å². The van der Waals surface area contributed by atoms with Gasteiger partial charge >= 0.3 is 11.9 Å². The number of aliphatic carboxylic acids is 2. The number of carbonyl (C=O) groups is 5. The zero-order valence-corrected chi connectivity index (χ0v) is 17.9. The number of hydrogen-bond acceptors (Lipinski definition) is 6. The lowest BCUT2D eigenvalue weighted by Gasteiger charge is -2.25. The van der Waals surface area contributed by atoms with Gasteiger partial charge in [0.15, 0.2) is 0 Å². The maximum atomic E-state index is 12.5. The zero-order chi connectivity index (χ0) is 23.4. The van der Waals surface area contributed by atoms with Crippen molar-refractivity contribution >= 4 is 29.7 Å². The summed E-state index contributed by atoms with van der Waals surface area (Å²) < 4.78 is 0. The third-order valence-electron chi connectivity index (χ3n) is 4.56. The van der Waals surface area contributed by atoms with Gasteiger partial charge in [-0.1, -0.05) is 34.1 Å². The lowest BCUT2D eigenvalue weighted by Crippen LogP contribution is -2.55. The Labute approximate surface area is 176 Å². The third-order valence-corrected chi connectivity index (χ3v) is 4.56. The Balaban J connectivity index is 4.88. The molecule has 3 amide bonds. The topological polar surface area (TPSA) is 188 Å². The Morgan fingerprint density at radius 2 is 1.57 bits per heavy atom. The molecule has 0 aliphatic rings. The van der Waals surface area contributed by atoms with Crippen LogP contribution < -0.4 is 21.7 Å². The van der Waals surface area contributed by atoms with Crippen molar-refractivity contribution in [3.63, 3.8) is 0 Å². The molecule has 30 heavy (non-hydrogen) atoms. The van der Waals surface area contributed by atoms with Crippen molar-refractivity contribution in [2.24, 2.45) is 17.6 Å². The van der Waals surface area contributed by atoms with Crippen LogP contribution in [0.4, 0.5) is 0 Å². The Morgan fingerprint density at radius 1 is 0.967 bits per heavy atom. The number of amides is 3. The quantitative estimate of drug-likeness (QED) is 0.211. The highest BCUT2D eigenvalue weighted by molar-refractivity contribution is 5.92. The number of nitrogens with one attached hydrogen (secondary N) is 3. The van der Waals surface area contributed by atoms with E-state index in [1.165, 1.54) is 0 Å². The molecular formula is C19H34N4O7. The predicted octanol–water partition coefficient (Wildman–Crippen LogP) is -0.559. The third kappa shape index (κ3) is 10.7. The highest BCUT2D eigenvalue weighted by Crippen LogP contribution is 2.09. The Hall–Kier alpha value is -2.69. The van der Waals surface area contributed by atoms with Gasteiger partial charge in [-0.3, -0.25) is 19.2 Å². The molecule has 0 spiro atoms. The van der Waals surface area contributed by atoms with Gasteiger partial charge < -0.3 is 31.9 Å². The van der Waals surface area contributed by atoms with Gasteiger partial charge in [-0.2, -0.15) is 0 Å². The minimum atomic E-state index is -1.16. The first kappa shape index (κ1) is 27.3. The SMILES string of the molecule is CCC(C)C(NC(=O)C(N)CCC(=O)O)C(=O)NCC(=O)NC(CC(C)C)C(=O)O. The second-order valence-corrected chi connectivity index (χ2v) is 7.72. The summed E-state index contributed by atoms with van der Waals surface area (Å²) in [6.45, 7) is 6.75. The molecule has 0 rings (SSSR count). The fourth-order valence-corrected chi connectivity index (χ4v) is 2.59. The number of hydrogen-bond donors (Lipinski definition) is 6. The monoisotopic (exact) mass is 430 g/mol. The maximum absolute atomic E-state index is 12.5. The zero-order valence-electron chi connectivity index (χ0n) is 17.9. The molecule has 0 saturated heterocycles. The number of carboxylic acid groups (broad SMARTS) is 2. The highest BCUT2D eigenvalue weighted by atomic mass is 16.4. The summed E-state index contributed by atoms with van der Waals surface area (Å²) in [5, 5.41) is 25.1. The van der Waals surface area contributed by atoms with E-state index in [-0.39, 0.29) is 31.1 Å². The number of carbonyl (C=O) groups excluding carboxylic acids is 3. The Morgan fingerprint density at radius 3 is 2.03 bits per heavy atom. The van der Waals surface area contributed by atoms with Gasteiger partial charge in [0.1, 0.15) is 12.1 Å². The molecule has 11 nitrogen and oxygen atoms in total. The standard InChI is InChI=1S/C19H34N4O7/c1-5-11(4)16(23-17(27)12(20)6-7-15(25)26)18(28)21-9-14(24)22-13(19(29)30)8-10(2)3/h10-13,16H,5-9,20H2,1-4H3,(H,21,28)(H,22,24)(H,23,27)(H,25,26)(H,29,30). The van der Waals surface area contributed by atoms with Crippen LogP contribution in [0.25, 0.3) is 0 Å². The lowest BCUT2D eigenvalue weighted by atomic mass is 9.97. The molecule has 0 aromatic carbocycles. The molecule has 7 N–H and O–H groups in total. The van der Waals surface area contributed by atoms with Gasteiger partial charge in [0.05, 0.1) is 12.6 Å². The largest absolute Gasteiger partial charge is 0.481 e. The average Bonchev–Trinajstić information content (AvgIpc) is 2.66. The summed E-state index contributed by atoms with van der Waals surface area (Å²) in [6, 6.07) is -3.13. The van der Waals surface area contributed by atoms with E-state index in [0.29, 0.717) is 6.42 Å². The first-order valence-corrected chi connectivity index (χ1v) is 9.96. The van der Waals surface area contributed by atoms with Gasteiger partial charge in [0.25, 0.3) is 0 Å². The summed E-state index contributed by atoms with van der Waals surface area (Å²) in [5.74, 6) is -4.42. The van der Waals surface area contributed by atoms with E-state index in [1.807, 2.05) is 20.8 Å². The van der Waals surface area contributed by atoms with E-state index in [2.05, 4.69) is 16.0 Å². The molecule has 172 valence electrons. The summed E-state index contributed by atoms with van der Waals surface area (Å²) in [6.07, 6.45) is 0.431. The molecule has 0 fully saturated rings. The molecule has 0 heterocycles. The molecule has 0 radical (unpaired) electrons. The van der Waals surface area contributed by atoms with Crippen molar-refractivity contribution in [2.45, 2.75) is 71.5 Å². The molecular weight excluding hydrogens is 396 g/mol. The van der Waals surface area contributed by atoms with Crippen LogP contribution in [0.2, 0.25) is 0 Å². The molecule has 0 aliphatic heterocycles. The van der Waals surface area contributed by atoms with Crippen molar-refractivity contribution in [3.05, 3.63) is 0 Å². The minimum Gasteiger partial charge on any atom is -0.481 e. The molecule has 0 bridgehead atoms. The van der Waals surface area contributed by atoms with Crippen LogP contribution in [0.15, 0.2) is 0 Å². The van der Waals surface area contributed by atoms with Crippen LogP contribution in [-0.2, 0) is 24.0 Å². The van der Waals surface area contributed by atoms with E-state index in [4.69, 9.17) is 10.8 Å². The van der Waals surface area contributed by atoms with E-state index in [1.54, 1.807) is 6.92 Å². The van der Waals surface area contributed by atoms with Crippen molar-refractivity contribution in [1.29, 1.82) is 0 Å². The highest BCUT2D eigenvalue weighted by Gasteiger charge is 2.29. The van der Waals surface area contributed by atoms with E-state index < -0.39 is 54.3 Å². The van der Waals surface area contributed by atoms with Crippen LogP contribution in [0.1, 0.15) is 53.4 Å². The second kappa shape index (κ2) is 13.5. The molecule has 4 unspecified atom stereocenters. The second-order valence-electron chi connectivity index (χ2n) is 7.72. The molecule has 4 atom stereocenters. The van der Waals surface area contributed by atoms with Gasteiger partial charge in [-0.05, 0) is 24.7 Å². The van der Waals surface area contributed by atoms with Gasteiger partial charge in [-0.25, -0.2) is 4.79 Å². The van der Waals surface area contributed by atoms with E-state index in [9.17, 15) is 29.1 Å². The average molecular weight is 431 g/mol. The summed E-state index contributed by atoms with van der Waals surface area (Å²) in [5.41, 5.74) is 5.67. The van der Waals surface area contributed by atoms with E-state index >= 15 is 0 Å². The first-order chi connectivity index (χ1) is 13.9. The number of carboxylic acids is 2. The van der Waals surface area contributed by atoms with Crippen molar-refractivity contribution < 1.29 is 34.2 Å². The smallest absolute Gasteiger partial charge is 0.326 e. The van der Waals surface area contributed by atoms with Crippen LogP contribution in [0, 0.1) is 11.8 Å². The maximum Gasteiger partial charge on any atom is 0.326 e. The fraction of sp³-hybridized carbons (Fsp3) is 0.737. The molecule has 11 heteroatoms. The summed E-state index contributed by atoms with van der Waals surface area (Å²) in [4.78, 5) is 58.6. The van der Waals surface area contributed by atoms with Crippen LogP contribution >= 0.6 is 0 Å². The Kier molecular flexibility index (Phi) is 12.3. The summed E-state index contributed by atoms with van der Waals surface area (Å²) in [7, 11) is 0. The normalized spacial score (nSPS) is 14.9. The van der Waals surface area contributed by atoms with Crippen molar-refractivity contribution in [2.75, 3.05) is 6.54 Å². The molecule has 0 saturated carbocycles.